The van der Waals surface area contributed by atoms with Gasteiger partial charge >= 0.3 is 0 Å². The predicted octanol–water partition coefficient (Wildman–Crippen LogP) is 1.72. The number of hydrogen-bond donors (Lipinski definition) is 1. The summed E-state index contributed by atoms with van der Waals surface area (Å²) >= 11 is 1.82. The summed E-state index contributed by atoms with van der Waals surface area (Å²) in [6.07, 6.45) is 1.06. The molecule has 0 amide bonds. The molecule has 1 aliphatic rings. The molecule has 2 N–H and O–H groups in total. The minimum atomic E-state index is 0. The fourth-order valence-corrected chi connectivity index (χ4v) is 2.59. The van der Waals surface area contributed by atoms with Gasteiger partial charge in [-0.25, -0.2) is 0 Å². The normalized spacial score (nSPS) is 26.4. The van der Waals surface area contributed by atoms with Crippen LogP contribution in [0.5, 0.6) is 0 Å². The standard InChI is InChI=1S/C8H15NS.CH4/c1-7(2)5-6(9)10-8(7,3)4;/h9H,5H2,1-4H3;1H4/p+1. The Morgan fingerprint density at radius 1 is 1.27 bits per heavy atom. The van der Waals surface area contributed by atoms with Crippen LogP contribution in [0.3, 0.4) is 0 Å². The highest BCUT2D eigenvalue weighted by atomic mass is 32.2. The van der Waals surface area contributed by atoms with Crippen LogP contribution >= 0.6 is 11.8 Å². The molecule has 0 aromatic rings. The van der Waals surface area contributed by atoms with Gasteiger partial charge in [0.1, 0.15) is 0 Å². The van der Waals surface area contributed by atoms with Gasteiger partial charge in [0.25, 0.3) is 0 Å². The minimum absolute atomic E-state index is 0. The molecule has 1 nitrogen and oxygen atoms in total. The van der Waals surface area contributed by atoms with Gasteiger partial charge in [-0.3, -0.25) is 5.41 Å². The van der Waals surface area contributed by atoms with Gasteiger partial charge < -0.3 is 0 Å². The smallest absolute Gasteiger partial charge is 0.208 e. The summed E-state index contributed by atoms with van der Waals surface area (Å²) in [5.41, 5.74) is 0.363. The fraction of sp³-hybridized carbons (Fsp3) is 0.889. The maximum absolute atomic E-state index is 5.77. The van der Waals surface area contributed by atoms with Crippen LogP contribution in [0.4, 0.5) is 0 Å². The highest BCUT2D eigenvalue weighted by Gasteiger charge is 2.47. The van der Waals surface area contributed by atoms with Gasteiger partial charge in [-0.2, -0.15) is 0 Å². The zero-order valence-electron chi connectivity index (χ0n) is 7.19. The quantitative estimate of drug-likeness (QED) is 0.594. The lowest BCUT2D eigenvalue weighted by Gasteiger charge is -2.31. The molecular weight excluding hydrogens is 154 g/mol. The molecule has 66 valence electrons. The van der Waals surface area contributed by atoms with E-state index in [1.54, 1.807) is 0 Å². The maximum Gasteiger partial charge on any atom is 0.208 e. The van der Waals surface area contributed by atoms with Crippen molar-refractivity contribution in [2.24, 2.45) is 5.41 Å². The van der Waals surface area contributed by atoms with E-state index >= 15 is 0 Å². The Bertz CT molecular complexity index is 152. The van der Waals surface area contributed by atoms with Crippen LogP contribution in [-0.4, -0.2) is 9.79 Å². The van der Waals surface area contributed by atoms with E-state index in [9.17, 15) is 0 Å². The van der Waals surface area contributed by atoms with Crippen LogP contribution in [0, 0.1) is 5.41 Å². The Labute approximate surface area is 74.5 Å². The number of hydrogen-bond acceptors (Lipinski definition) is 1. The minimum Gasteiger partial charge on any atom is -0.252 e. The molecule has 0 aliphatic carbocycles. The molecule has 11 heavy (non-hydrogen) atoms. The van der Waals surface area contributed by atoms with E-state index in [2.05, 4.69) is 27.7 Å². The molecule has 0 aromatic heterocycles. The van der Waals surface area contributed by atoms with E-state index in [0.717, 1.165) is 11.5 Å². The summed E-state index contributed by atoms with van der Waals surface area (Å²) in [4.78, 5) is 0. The summed E-state index contributed by atoms with van der Waals surface area (Å²) in [7, 11) is 0. The van der Waals surface area contributed by atoms with Crippen molar-refractivity contribution in [2.75, 3.05) is 0 Å². The second-order valence-electron chi connectivity index (χ2n) is 4.14. The first kappa shape index (κ1) is 11.0. The molecule has 1 rings (SSSR count). The first-order valence-electron chi connectivity index (χ1n) is 3.65. The largest absolute Gasteiger partial charge is 0.252 e. The zero-order chi connectivity index (χ0) is 7.99. The van der Waals surface area contributed by atoms with Crippen molar-refractivity contribution >= 4 is 16.8 Å². The van der Waals surface area contributed by atoms with Gasteiger partial charge in [0.2, 0.25) is 5.04 Å². The SMILES string of the molecule is C.CC1(C)CC(=[NH2+])SC1(C)C. The summed E-state index contributed by atoms with van der Waals surface area (Å²) in [6.45, 7) is 9.08. The van der Waals surface area contributed by atoms with E-state index in [-0.39, 0.29) is 7.43 Å². The highest BCUT2D eigenvalue weighted by molar-refractivity contribution is 8.15. The Morgan fingerprint density at radius 2 is 1.73 bits per heavy atom. The van der Waals surface area contributed by atoms with E-state index in [1.165, 1.54) is 0 Å². The van der Waals surface area contributed by atoms with E-state index in [4.69, 9.17) is 5.41 Å². The number of thioether (sulfide) groups is 1. The van der Waals surface area contributed by atoms with Gasteiger partial charge in [-0.15, -0.1) is 0 Å². The second-order valence-corrected chi connectivity index (χ2v) is 5.89. The molecule has 0 unspecified atom stereocenters. The molecule has 1 fully saturated rings. The van der Waals surface area contributed by atoms with Crippen molar-refractivity contribution in [1.29, 1.82) is 0 Å². The van der Waals surface area contributed by atoms with Crippen molar-refractivity contribution in [3.63, 3.8) is 0 Å². The van der Waals surface area contributed by atoms with Crippen LogP contribution in [-0.2, 0) is 0 Å². The van der Waals surface area contributed by atoms with Crippen molar-refractivity contribution in [1.82, 2.24) is 0 Å². The topological polar surface area (TPSA) is 25.6 Å². The first-order chi connectivity index (χ1) is 4.35. The fourth-order valence-electron chi connectivity index (χ4n) is 1.15. The van der Waals surface area contributed by atoms with Gasteiger partial charge in [0.15, 0.2) is 0 Å². The molecule has 0 bridgehead atoms. The Hall–Kier alpha value is 0.0200. The van der Waals surface area contributed by atoms with Crippen LogP contribution < -0.4 is 5.41 Å². The molecular formula is C9H20NS+. The van der Waals surface area contributed by atoms with Crippen LogP contribution in [0.1, 0.15) is 41.5 Å². The molecule has 0 aromatic carbocycles. The lowest BCUT2D eigenvalue weighted by atomic mass is 9.78. The van der Waals surface area contributed by atoms with E-state index in [0.29, 0.717) is 10.2 Å². The average molecular weight is 174 g/mol. The Morgan fingerprint density at radius 3 is 1.82 bits per heavy atom. The first-order valence-corrected chi connectivity index (χ1v) is 4.47. The third-order valence-corrected chi connectivity index (χ3v) is 4.10. The van der Waals surface area contributed by atoms with Gasteiger partial charge in [-0.05, 0) is 19.3 Å². The van der Waals surface area contributed by atoms with Crippen LogP contribution in [0.15, 0.2) is 0 Å². The summed E-state index contributed by atoms with van der Waals surface area (Å²) in [6, 6.07) is 0. The van der Waals surface area contributed by atoms with Crippen LogP contribution in [0.2, 0.25) is 0 Å². The molecule has 0 spiro atoms. The van der Waals surface area contributed by atoms with E-state index in [1.807, 2.05) is 11.8 Å². The van der Waals surface area contributed by atoms with Crippen molar-refractivity contribution in [3.05, 3.63) is 0 Å². The van der Waals surface area contributed by atoms with Crippen molar-refractivity contribution < 1.29 is 5.41 Å². The summed E-state index contributed by atoms with van der Waals surface area (Å²) < 4.78 is 0.317. The number of nitrogens with two attached hydrogens (primary N) is 1. The maximum atomic E-state index is 5.77. The molecule has 1 aliphatic heterocycles. The van der Waals surface area contributed by atoms with Crippen molar-refractivity contribution in [3.8, 4) is 0 Å². The van der Waals surface area contributed by atoms with Gasteiger partial charge in [0, 0.05) is 11.2 Å². The zero-order valence-corrected chi connectivity index (χ0v) is 8.01. The molecule has 1 saturated heterocycles. The number of rotatable bonds is 0. The molecule has 2 heteroatoms. The lowest BCUT2D eigenvalue weighted by Crippen LogP contribution is -2.36. The lowest BCUT2D eigenvalue weighted by molar-refractivity contribution is -0.111. The van der Waals surface area contributed by atoms with Gasteiger partial charge in [0.05, 0.1) is 0 Å². The highest BCUT2D eigenvalue weighted by Crippen LogP contribution is 2.51. The van der Waals surface area contributed by atoms with Gasteiger partial charge in [-0.1, -0.05) is 33.0 Å². The summed E-state index contributed by atoms with van der Waals surface area (Å²) in [5.74, 6) is 0. The third-order valence-electron chi connectivity index (χ3n) is 2.63. The van der Waals surface area contributed by atoms with E-state index < -0.39 is 0 Å². The summed E-state index contributed by atoms with van der Waals surface area (Å²) in [5, 5.41) is 6.86. The molecule has 0 atom stereocenters. The Kier molecular flexibility index (Phi) is 2.82. The van der Waals surface area contributed by atoms with Crippen LogP contribution in [0.25, 0.3) is 0 Å². The average Bonchev–Trinajstić information content (AvgIpc) is 1.73. The monoisotopic (exact) mass is 174 g/mol. The Balaban J connectivity index is 0.000001000. The van der Waals surface area contributed by atoms with Crippen molar-refractivity contribution in [2.45, 2.75) is 46.3 Å². The predicted molar refractivity (Wildman–Crippen MR) is 53.7 cm³/mol. The molecule has 0 radical (unpaired) electrons. The molecule has 0 saturated carbocycles. The third kappa shape index (κ3) is 1.78. The molecule has 1 heterocycles. The second kappa shape index (κ2) is 2.81.